The number of hydrogen-bond donors (Lipinski definition) is 1. The number of amides is 1. The van der Waals surface area contributed by atoms with Crippen LogP contribution in [0.15, 0.2) is 78.9 Å². The molecule has 4 nitrogen and oxygen atoms in total. The van der Waals surface area contributed by atoms with Crippen LogP contribution in [-0.2, 0) is 19.5 Å². The van der Waals surface area contributed by atoms with Crippen molar-refractivity contribution < 1.29 is 4.79 Å². The zero-order valence-corrected chi connectivity index (χ0v) is 18.3. The van der Waals surface area contributed by atoms with Crippen LogP contribution in [0.5, 0.6) is 0 Å². The Morgan fingerprint density at radius 1 is 0.806 bits per heavy atom. The van der Waals surface area contributed by atoms with Gasteiger partial charge in [0.25, 0.3) is 5.91 Å². The van der Waals surface area contributed by atoms with E-state index in [2.05, 4.69) is 70.6 Å². The second-order valence-corrected chi connectivity index (χ2v) is 8.10. The van der Waals surface area contributed by atoms with Crippen LogP contribution in [0.1, 0.15) is 34.0 Å². The van der Waals surface area contributed by atoms with E-state index >= 15 is 0 Å². The van der Waals surface area contributed by atoms with E-state index in [0.717, 1.165) is 39.1 Å². The number of hydrogen-bond acceptors (Lipinski definition) is 3. The number of rotatable bonds is 7. The summed E-state index contributed by atoms with van der Waals surface area (Å²) in [6, 6.07) is 26.9. The van der Waals surface area contributed by atoms with Gasteiger partial charge in [0.2, 0.25) is 0 Å². The fraction of sp³-hybridized carbons (Fsp3) is 0.296. The molecule has 1 aliphatic heterocycles. The van der Waals surface area contributed by atoms with E-state index in [-0.39, 0.29) is 5.91 Å². The van der Waals surface area contributed by atoms with E-state index in [1.165, 1.54) is 22.4 Å². The smallest absolute Gasteiger partial charge is 0.251 e. The second-order valence-electron chi connectivity index (χ2n) is 8.10. The standard InChI is InChI=1S/C27H31N3O/c1-2-22-12-14-23(15-13-22)27(31)28-20-24-8-6-7-9-25(24)21-29-16-18-30(19-17-29)26-10-4-3-5-11-26/h3-15H,2,16-21H2,1H3,(H,28,31). The maximum absolute atomic E-state index is 12.6. The molecule has 4 rings (SSSR count). The molecule has 1 heterocycles. The van der Waals surface area contributed by atoms with Gasteiger partial charge in [-0.3, -0.25) is 9.69 Å². The first-order valence-corrected chi connectivity index (χ1v) is 11.2. The molecule has 0 atom stereocenters. The fourth-order valence-electron chi connectivity index (χ4n) is 4.10. The molecule has 0 bridgehead atoms. The molecule has 0 aromatic heterocycles. The third kappa shape index (κ3) is 5.53. The highest BCUT2D eigenvalue weighted by Gasteiger charge is 2.18. The van der Waals surface area contributed by atoms with Crippen molar-refractivity contribution in [2.75, 3.05) is 31.1 Å². The van der Waals surface area contributed by atoms with Gasteiger partial charge < -0.3 is 10.2 Å². The molecule has 1 amide bonds. The second kappa shape index (κ2) is 10.3. The lowest BCUT2D eigenvalue weighted by Crippen LogP contribution is -2.46. The molecular weight excluding hydrogens is 382 g/mol. The average Bonchev–Trinajstić information content (AvgIpc) is 2.84. The van der Waals surface area contributed by atoms with Crippen LogP contribution in [0.25, 0.3) is 0 Å². The molecule has 0 radical (unpaired) electrons. The molecule has 0 spiro atoms. The largest absolute Gasteiger partial charge is 0.369 e. The van der Waals surface area contributed by atoms with E-state index in [1.807, 2.05) is 30.3 Å². The van der Waals surface area contributed by atoms with Gasteiger partial charge in [-0.25, -0.2) is 0 Å². The lowest BCUT2D eigenvalue weighted by atomic mass is 10.1. The van der Waals surface area contributed by atoms with Gasteiger partial charge in [0.05, 0.1) is 0 Å². The van der Waals surface area contributed by atoms with Crippen molar-refractivity contribution in [3.63, 3.8) is 0 Å². The third-order valence-corrected chi connectivity index (χ3v) is 6.07. The zero-order chi connectivity index (χ0) is 21.5. The molecule has 31 heavy (non-hydrogen) atoms. The van der Waals surface area contributed by atoms with Crippen molar-refractivity contribution in [2.24, 2.45) is 0 Å². The highest BCUT2D eigenvalue weighted by atomic mass is 16.1. The molecular formula is C27H31N3O. The van der Waals surface area contributed by atoms with E-state index in [9.17, 15) is 4.79 Å². The Kier molecular flexibility index (Phi) is 7.00. The number of para-hydroxylation sites is 1. The average molecular weight is 414 g/mol. The van der Waals surface area contributed by atoms with Gasteiger partial charge in [0.1, 0.15) is 0 Å². The number of nitrogens with zero attached hydrogens (tertiary/aromatic N) is 2. The quantitative estimate of drug-likeness (QED) is 0.619. The lowest BCUT2D eigenvalue weighted by molar-refractivity contribution is 0.0950. The summed E-state index contributed by atoms with van der Waals surface area (Å²) in [6.45, 7) is 7.74. The fourth-order valence-corrected chi connectivity index (χ4v) is 4.10. The number of nitrogens with one attached hydrogen (secondary N) is 1. The van der Waals surface area contributed by atoms with Gasteiger partial charge in [0, 0.05) is 50.5 Å². The number of piperazine rings is 1. The summed E-state index contributed by atoms with van der Waals surface area (Å²) in [7, 11) is 0. The van der Waals surface area contributed by atoms with Crippen molar-refractivity contribution in [3.8, 4) is 0 Å². The van der Waals surface area contributed by atoms with Crippen LogP contribution < -0.4 is 10.2 Å². The first-order chi connectivity index (χ1) is 15.2. The van der Waals surface area contributed by atoms with Gasteiger partial charge in [0.15, 0.2) is 0 Å². The van der Waals surface area contributed by atoms with Gasteiger partial charge in [-0.05, 0) is 47.4 Å². The topological polar surface area (TPSA) is 35.6 Å². The van der Waals surface area contributed by atoms with Gasteiger partial charge in [-0.2, -0.15) is 0 Å². The molecule has 1 saturated heterocycles. The normalized spacial score (nSPS) is 14.4. The summed E-state index contributed by atoms with van der Waals surface area (Å²) < 4.78 is 0. The van der Waals surface area contributed by atoms with Crippen LogP contribution in [0.2, 0.25) is 0 Å². The van der Waals surface area contributed by atoms with Gasteiger partial charge in [-0.15, -0.1) is 0 Å². The van der Waals surface area contributed by atoms with Crippen molar-refractivity contribution in [3.05, 3.63) is 101 Å². The molecule has 3 aromatic carbocycles. The van der Waals surface area contributed by atoms with Crippen molar-refractivity contribution >= 4 is 11.6 Å². The van der Waals surface area contributed by atoms with Gasteiger partial charge in [-0.1, -0.05) is 61.5 Å². The summed E-state index contributed by atoms with van der Waals surface area (Å²) in [5, 5.41) is 3.09. The Hall–Kier alpha value is -3.11. The highest BCUT2D eigenvalue weighted by Crippen LogP contribution is 2.18. The number of aryl methyl sites for hydroxylation is 1. The predicted molar refractivity (Wildman–Crippen MR) is 127 cm³/mol. The maximum Gasteiger partial charge on any atom is 0.251 e. The number of benzene rings is 3. The molecule has 4 heteroatoms. The molecule has 0 unspecified atom stereocenters. The summed E-state index contributed by atoms with van der Waals surface area (Å²) in [5.74, 6) is -0.0195. The Balaban J connectivity index is 1.33. The van der Waals surface area contributed by atoms with Gasteiger partial charge >= 0.3 is 0 Å². The minimum atomic E-state index is -0.0195. The SMILES string of the molecule is CCc1ccc(C(=O)NCc2ccccc2CN2CCN(c3ccccc3)CC2)cc1. The van der Waals surface area contributed by atoms with Crippen LogP contribution in [-0.4, -0.2) is 37.0 Å². The summed E-state index contributed by atoms with van der Waals surface area (Å²) in [6.07, 6.45) is 0.981. The zero-order valence-electron chi connectivity index (χ0n) is 18.3. The van der Waals surface area contributed by atoms with Crippen LogP contribution >= 0.6 is 0 Å². The Morgan fingerprint density at radius 2 is 1.45 bits per heavy atom. The summed E-state index contributed by atoms with van der Waals surface area (Å²) in [4.78, 5) is 17.5. The van der Waals surface area contributed by atoms with Crippen molar-refractivity contribution in [2.45, 2.75) is 26.4 Å². The minimum absolute atomic E-state index is 0.0195. The molecule has 1 aliphatic rings. The van der Waals surface area contributed by atoms with Crippen molar-refractivity contribution in [1.82, 2.24) is 10.2 Å². The highest BCUT2D eigenvalue weighted by molar-refractivity contribution is 5.94. The maximum atomic E-state index is 12.6. The van der Waals surface area contributed by atoms with E-state index in [0.29, 0.717) is 12.1 Å². The van der Waals surface area contributed by atoms with Crippen LogP contribution in [0, 0.1) is 0 Å². The first kappa shape index (κ1) is 21.1. The first-order valence-electron chi connectivity index (χ1n) is 11.2. The van der Waals surface area contributed by atoms with Crippen LogP contribution in [0.4, 0.5) is 5.69 Å². The lowest BCUT2D eigenvalue weighted by Gasteiger charge is -2.36. The van der Waals surface area contributed by atoms with E-state index in [1.54, 1.807) is 0 Å². The molecule has 1 fully saturated rings. The predicted octanol–water partition coefficient (Wildman–Crippen LogP) is 4.50. The number of anilines is 1. The number of carbonyl (C=O) groups excluding carboxylic acids is 1. The van der Waals surface area contributed by atoms with Crippen molar-refractivity contribution in [1.29, 1.82) is 0 Å². The van der Waals surface area contributed by atoms with E-state index < -0.39 is 0 Å². The van der Waals surface area contributed by atoms with E-state index in [4.69, 9.17) is 0 Å². The summed E-state index contributed by atoms with van der Waals surface area (Å²) in [5.41, 5.74) is 5.74. The number of carbonyl (C=O) groups is 1. The Labute approximate surface area is 185 Å². The van der Waals surface area contributed by atoms with Crippen LogP contribution in [0.3, 0.4) is 0 Å². The monoisotopic (exact) mass is 413 g/mol. The molecule has 0 saturated carbocycles. The molecule has 0 aliphatic carbocycles. The Bertz CT molecular complexity index is 977. The molecule has 3 aromatic rings. The third-order valence-electron chi connectivity index (χ3n) is 6.07. The minimum Gasteiger partial charge on any atom is -0.369 e. The molecule has 1 N–H and O–H groups in total. The molecule has 160 valence electrons. The summed E-state index contributed by atoms with van der Waals surface area (Å²) >= 11 is 0. The Morgan fingerprint density at radius 3 is 2.13 bits per heavy atom.